The molecule has 1 heterocycles. The molecule has 2 aromatic carbocycles. The topological polar surface area (TPSA) is 55.6 Å². The number of carbonyl (C=O) groups is 1. The van der Waals surface area contributed by atoms with Crippen LogP contribution in [0.4, 0.5) is 5.69 Å². The monoisotopic (exact) mass is 296 g/mol. The number of ether oxygens (including phenoxy) is 1. The number of nitrogen functional groups attached to an aromatic ring is 1. The first kappa shape index (κ1) is 14.4. The molecule has 0 aliphatic carbocycles. The van der Waals surface area contributed by atoms with Crippen molar-refractivity contribution in [3.8, 4) is 11.5 Å². The van der Waals surface area contributed by atoms with E-state index in [-0.39, 0.29) is 11.8 Å². The Balaban J connectivity index is 2.14. The molecule has 1 aliphatic rings. The molecule has 0 spiro atoms. The number of carbonyl (C=O) groups excluding carboxylic acids is 1. The molecular formula is C18H20N2O2. The molecule has 2 atom stereocenters. The zero-order valence-corrected chi connectivity index (χ0v) is 12.8. The number of amides is 1. The van der Waals surface area contributed by atoms with Crippen LogP contribution >= 0.6 is 0 Å². The Bertz CT molecular complexity index is 699. The fraction of sp³-hybridized carbons (Fsp3) is 0.278. The average Bonchev–Trinajstić information content (AvgIpc) is 2.64. The van der Waals surface area contributed by atoms with Crippen molar-refractivity contribution < 1.29 is 9.53 Å². The van der Waals surface area contributed by atoms with Crippen molar-refractivity contribution in [2.75, 3.05) is 19.3 Å². The lowest BCUT2D eigenvalue weighted by Gasteiger charge is -2.26. The van der Waals surface area contributed by atoms with E-state index in [1.54, 1.807) is 11.9 Å². The van der Waals surface area contributed by atoms with Crippen LogP contribution in [-0.2, 0) is 4.79 Å². The normalized spacial score (nSPS) is 19.4. The number of hydrogen-bond acceptors (Lipinski definition) is 3. The molecule has 2 aromatic rings. The standard InChI is InChI=1S/C18H20N2O2/c1-12-14-5-3-4-6-17(14)22-18-8-7-13(19)9-15(18)16(12)10-20(2)11-21/h3-9,11-12,16H,10,19H2,1-2H3/t12-,16+/m1/s1. The van der Waals surface area contributed by atoms with Crippen molar-refractivity contribution in [2.45, 2.75) is 18.8 Å². The molecular weight excluding hydrogens is 276 g/mol. The Morgan fingerprint density at radius 1 is 1.18 bits per heavy atom. The maximum atomic E-state index is 11.1. The van der Waals surface area contributed by atoms with E-state index in [0.29, 0.717) is 12.2 Å². The van der Waals surface area contributed by atoms with Crippen molar-refractivity contribution >= 4 is 12.1 Å². The summed E-state index contributed by atoms with van der Waals surface area (Å²) < 4.78 is 6.11. The molecule has 0 saturated heterocycles. The highest BCUT2D eigenvalue weighted by Gasteiger charge is 2.30. The van der Waals surface area contributed by atoms with Gasteiger partial charge in [0.25, 0.3) is 0 Å². The zero-order valence-electron chi connectivity index (χ0n) is 12.8. The number of anilines is 1. The molecule has 2 N–H and O–H groups in total. The second-order valence-corrected chi connectivity index (χ2v) is 5.88. The quantitative estimate of drug-likeness (QED) is 0.698. The lowest BCUT2D eigenvalue weighted by atomic mass is 9.82. The Morgan fingerprint density at radius 3 is 2.68 bits per heavy atom. The lowest BCUT2D eigenvalue weighted by Crippen LogP contribution is -2.26. The first-order valence-corrected chi connectivity index (χ1v) is 7.42. The fourth-order valence-electron chi connectivity index (χ4n) is 3.11. The smallest absolute Gasteiger partial charge is 0.209 e. The third kappa shape index (κ3) is 2.52. The predicted molar refractivity (Wildman–Crippen MR) is 87.2 cm³/mol. The van der Waals surface area contributed by atoms with Gasteiger partial charge in [-0.3, -0.25) is 4.79 Å². The molecule has 0 radical (unpaired) electrons. The number of benzene rings is 2. The van der Waals surface area contributed by atoms with Gasteiger partial charge in [-0.05, 0) is 35.7 Å². The molecule has 114 valence electrons. The summed E-state index contributed by atoms with van der Waals surface area (Å²) in [7, 11) is 1.79. The van der Waals surface area contributed by atoms with Crippen molar-refractivity contribution in [3.63, 3.8) is 0 Å². The van der Waals surface area contributed by atoms with Gasteiger partial charge in [0.05, 0.1) is 0 Å². The van der Waals surface area contributed by atoms with Gasteiger partial charge in [-0.25, -0.2) is 0 Å². The molecule has 22 heavy (non-hydrogen) atoms. The highest BCUT2D eigenvalue weighted by molar-refractivity contribution is 5.55. The molecule has 0 unspecified atom stereocenters. The van der Waals surface area contributed by atoms with Crippen LogP contribution in [-0.4, -0.2) is 24.9 Å². The Morgan fingerprint density at radius 2 is 1.91 bits per heavy atom. The van der Waals surface area contributed by atoms with Gasteiger partial charge in [-0.1, -0.05) is 25.1 Å². The highest BCUT2D eigenvalue weighted by Crippen LogP contribution is 2.46. The van der Waals surface area contributed by atoms with Gasteiger partial charge >= 0.3 is 0 Å². The van der Waals surface area contributed by atoms with Crippen LogP contribution in [0.5, 0.6) is 11.5 Å². The second kappa shape index (κ2) is 5.72. The number of rotatable bonds is 3. The average molecular weight is 296 g/mol. The van der Waals surface area contributed by atoms with Gasteiger partial charge in [0.2, 0.25) is 6.41 Å². The van der Waals surface area contributed by atoms with Crippen LogP contribution < -0.4 is 10.5 Å². The summed E-state index contributed by atoms with van der Waals surface area (Å²) in [5.41, 5.74) is 8.89. The maximum absolute atomic E-state index is 11.1. The predicted octanol–water partition coefficient (Wildman–Crippen LogP) is 3.35. The number of nitrogens with two attached hydrogens (primary N) is 1. The van der Waals surface area contributed by atoms with Gasteiger partial charge in [-0.2, -0.15) is 0 Å². The van der Waals surface area contributed by atoms with Crippen LogP contribution in [0.1, 0.15) is 29.9 Å². The Labute approximate surface area is 130 Å². The lowest BCUT2D eigenvalue weighted by molar-refractivity contribution is -0.117. The molecule has 1 aliphatic heterocycles. The van der Waals surface area contributed by atoms with Crippen molar-refractivity contribution in [2.24, 2.45) is 0 Å². The van der Waals surface area contributed by atoms with Crippen molar-refractivity contribution in [1.29, 1.82) is 0 Å². The minimum absolute atomic E-state index is 0.136. The summed E-state index contributed by atoms with van der Waals surface area (Å²) in [5.74, 6) is 2.05. The summed E-state index contributed by atoms with van der Waals surface area (Å²) in [6, 6.07) is 13.8. The molecule has 3 rings (SSSR count). The van der Waals surface area contributed by atoms with Gasteiger partial charge in [0.15, 0.2) is 0 Å². The first-order chi connectivity index (χ1) is 10.6. The van der Waals surface area contributed by atoms with Gasteiger partial charge in [-0.15, -0.1) is 0 Å². The van der Waals surface area contributed by atoms with Gasteiger partial charge < -0.3 is 15.4 Å². The largest absolute Gasteiger partial charge is 0.457 e. The van der Waals surface area contributed by atoms with Crippen LogP contribution in [0.25, 0.3) is 0 Å². The molecule has 4 nitrogen and oxygen atoms in total. The Hall–Kier alpha value is -2.49. The van der Waals surface area contributed by atoms with Crippen LogP contribution in [0.3, 0.4) is 0 Å². The van der Waals surface area contributed by atoms with Crippen molar-refractivity contribution in [1.82, 2.24) is 4.90 Å². The fourth-order valence-corrected chi connectivity index (χ4v) is 3.11. The third-order valence-electron chi connectivity index (χ3n) is 4.33. The van der Waals surface area contributed by atoms with Crippen LogP contribution in [0.15, 0.2) is 42.5 Å². The summed E-state index contributed by atoms with van der Waals surface area (Å²) >= 11 is 0. The van der Waals surface area contributed by atoms with Gasteiger partial charge in [0.1, 0.15) is 11.5 Å². The molecule has 0 bridgehead atoms. The van der Waals surface area contributed by atoms with E-state index in [0.717, 1.165) is 29.0 Å². The molecule has 0 saturated carbocycles. The van der Waals surface area contributed by atoms with Crippen LogP contribution in [0.2, 0.25) is 0 Å². The van der Waals surface area contributed by atoms with E-state index < -0.39 is 0 Å². The number of fused-ring (bicyclic) bond motifs is 2. The Kier molecular flexibility index (Phi) is 3.75. The van der Waals surface area contributed by atoms with Gasteiger partial charge in [0, 0.05) is 30.8 Å². The SMILES string of the molecule is C[C@@H]1c2ccccc2Oc2ccc(N)cc2[C@H]1CN(C)C=O. The minimum atomic E-state index is 0.136. The van der Waals surface area contributed by atoms with E-state index in [9.17, 15) is 4.79 Å². The first-order valence-electron chi connectivity index (χ1n) is 7.42. The van der Waals surface area contributed by atoms with Crippen LogP contribution in [0, 0.1) is 0 Å². The van der Waals surface area contributed by atoms with E-state index >= 15 is 0 Å². The molecule has 0 aromatic heterocycles. The summed E-state index contributed by atoms with van der Waals surface area (Å²) in [6.07, 6.45) is 0.857. The number of para-hydroxylation sites is 1. The molecule has 0 fully saturated rings. The van der Waals surface area contributed by atoms with E-state index in [4.69, 9.17) is 10.5 Å². The highest BCUT2D eigenvalue weighted by atomic mass is 16.5. The number of nitrogens with zero attached hydrogens (tertiary/aromatic N) is 1. The summed E-state index contributed by atoms with van der Waals surface area (Å²) in [6.45, 7) is 2.79. The van der Waals surface area contributed by atoms with Crippen molar-refractivity contribution in [3.05, 3.63) is 53.6 Å². The minimum Gasteiger partial charge on any atom is -0.457 e. The molecule has 4 heteroatoms. The van der Waals surface area contributed by atoms with E-state index in [2.05, 4.69) is 13.0 Å². The number of hydrogen-bond donors (Lipinski definition) is 1. The maximum Gasteiger partial charge on any atom is 0.209 e. The van der Waals surface area contributed by atoms with E-state index in [1.165, 1.54) is 0 Å². The van der Waals surface area contributed by atoms with E-state index in [1.807, 2.05) is 36.4 Å². The summed E-state index contributed by atoms with van der Waals surface area (Å²) in [5, 5.41) is 0. The third-order valence-corrected chi connectivity index (χ3v) is 4.33. The summed E-state index contributed by atoms with van der Waals surface area (Å²) in [4.78, 5) is 12.7. The zero-order chi connectivity index (χ0) is 15.7. The molecule has 1 amide bonds. The second-order valence-electron chi connectivity index (χ2n) is 5.88. The number of likely N-dealkylation sites (N-methyl/N-ethyl adjacent to an activating group) is 1.